The minimum atomic E-state index is -2.05. The molecule has 0 saturated heterocycles. The molecule has 1 atom stereocenters. The predicted molar refractivity (Wildman–Crippen MR) is 21.0 cm³/mol. The molecule has 0 aromatic carbocycles. The number of hydrogen-bond donors (Lipinski definition) is 1. The largest absolute Gasteiger partial charge is 0.355 e. The maximum Gasteiger partial charge on any atom is 0.127 e. The van der Waals surface area contributed by atoms with Crippen LogP contribution in [0.25, 0.3) is 0 Å². The SMILES string of the molecule is [NH][PH](O)=S. The van der Waals surface area contributed by atoms with Crippen molar-refractivity contribution < 1.29 is 4.89 Å². The van der Waals surface area contributed by atoms with Gasteiger partial charge in [0.15, 0.2) is 0 Å². The third-order valence-corrected chi connectivity index (χ3v) is 0. The maximum absolute atomic E-state index is 7.64. The summed E-state index contributed by atoms with van der Waals surface area (Å²) in [4.78, 5) is 7.64. The van der Waals surface area contributed by atoms with Crippen molar-refractivity contribution in [2.24, 2.45) is 0 Å². The number of rotatable bonds is 0. The van der Waals surface area contributed by atoms with Crippen molar-refractivity contribution in [1.82, 2.24) is 5.50 Å². The lowest BCUT2D eigenvalue weighted by Crippen LogP contribution is -1.43. The van der Waals surface area contributed by atoms with Gasteiger partial charge in [-0.25, -0.2) is 5.50 Å². The molecule has 0 bridgehead atoms. The fraction of sp³-hybridized carbons (Fsp3) is 0. The molecule has 4 heavy (non-hydrogen) atoms. The Morgan fingerprint density at radius 1 is 2.00 bits per heavy atom. The van der Waals surface area contributed by atoms with Crippen LogP contribution in [0.15, 0.2) is 0 Å². The van der Waals surface area contributed by atoms with Gasteiger partial charge in [-0.2, -0.15) is 0 Å². The van der Waals surface area contributed by atoms with Gasteiger partial charge in [-0.05, 0) is 0 Å². The second kappa shape index (κ2) is 1.85. The molecule has 25 valence electrons. The van der Waals surface area contributed by atoms with Gasteiger partial charge in [0.1, 0.15) is 7.07 Å². The van der Waals surface area contributed by atoms with Crippen molar-refractivity contribution in [2.75, 3.05) is 0 Å². The quantitative estimate of drug-likeness (QED) is 0.423. The van der Waals surface area contributed by atoms with Crippen LogP contribution in [-0.2, 0) is 11.8 Å². The van der Waals surface area contributed by atoms with E-state index in [0.717, 1.165) is 0 Å². The van der Waals surface area contributed by atoms with Crippen LogP contribution in [-0.4, -0.2) is 4.89 Å². The second-order valence-corrected chi connectivity index (χ2v) is 2.08. The molecule has 0 aliphatic carbocycles. The molecule has 4 heteroatoms. The van der Waals surface area contributed by atoms with Gasteiger partial charge in [0.05, 0.1) is 0 Å². The Morgan fingerprint density at radius 3 is 2.00 bits per heavy atom. The predicted octanol–water partition coefficient (Wildman–Crippen LogP) is -0.232. The van der Waals surface area contributed by atoms with E-state index in [2.05, 4.69) is 11.8 Å². The first kappa shape index (κ1) is 4.57. The Morgan fingerprint density at radius 2 is 2.00 bits per heavy atom. The Bertz CT molecular complexity index is 31.0. The van der Waals surface area contributed by atoms with Crippen molar-refractivity contribution in [3.05, 3.63) is 0 Å². The summed E-state index contributed by atoms with van der Waals surface area (Å²) in [6.45, 7) is 0. The van der Waals surface area contributed by atoms with E-state index >= 15 is 0 Å². The Hall–Kier alpha value is 0.570. The highest BCUT2D eigenvalue weighted by Gasteiger charge is 1.54. The summed E-state index contributed by atoms with van der Waals surface area (Å²) in [6.07, 6.45) is 0. The molecule has 0 amide bonds. The van der Waals surface area contributed by atoms with Crippen LogP contribution >= 0.6 is 7.07 Å². The molecular weight excluding hydrogens is 93.0 g/mol. The molecule has 0 heterocycles. The highest BCUT2D eigenvalue weighted by atomic mass is 32.4. The van der Waals surface area contributed by atoms with E-state index in [4.69, 9.17) is 10.4 Å². The van der Waals surface area contributed by atoms with Crippen molar-refractivity contribution >= 4 is 18.9 Å². The summed E-state index contributed by atoms with van der Waals surface area (Å²) < 4.78 is 0. The van der Waals surface area contributed by atoms with Crippen LogP contribution in [0.3, 0.4) is 0 Å². The number of nitrogens with one attached hydrogen (secondary N) is 1. The van der Waals surface area contributed by atoms with Gasteiger partial charge in [-0.15, -0.1) is 0 Å². The Balaban J connectivity index is 2.80. The summed E-state index contributed by atoms with van der Waals surface area (Å²) >= 11 is 3.94. The van der Waals surface area contributed by atoms with E-state index in [1.165, 1.54) is 0 Å². The van der Waals surface area contributed by atoms with Crippen molar-refractivity contribution in [3.8, 4) is 0 Å². The zero-order valence-electron chi connectivity index (χ0n) is 1.86. The first-order valence-electron chi connectivity index (χ1n) is 0.678. The van der Waals surface area contributed by atoms with E-state index in [0.29, 0.717) is 0 Å². The molecule has 2 N–H and O–H groups in total. The van der Waals surface area contributed by atoms with E-state index in [1.54, 1.807) is 0 Å². The van der Waals surface area contributed by atoms with Crippen molar-refractivity contribution in [3.63, 3.8) is 0 Å². The Labute approximate surface area is 30.2 Å². The fourth-order valence-corrected chi connectivity index (χ4v) is 0. The van der Waals surface area contributed by atoms with Crippen LogP contribution < -0.4 is 5.50 Å². The number of hydrogen-bond acceptors (Lipinski definition) is 1. The zero-order chi connectivity index (χ0) is 3.58. The second-order valence-electron chi connectivity index (χ2n) is 0.305. The van der Waals surface area contributed by atoms with Gasteiger partial charge in [0, 0.05) is 0 Å². The van der Waals surface area contributed by atoms with Gasteiger partial charge in [0.25, 0.3) is 0 Å². The molecule has 0 fully saturated rings. The normalized spacial score (nSPS) is 15.5. The van der Waals surface area contributed by atoms with Crippen LogP contribution in [0.4, 0.5) is 0 Å². The van der Waals surface area contributed by atoms with E-state index in [9.17, 15) is 0 Å². The standard InChI is InChI=1S/H3NOPS/c1-3(2)4/h1,3H,(H,2,4). The molecule has 0 spiro atoms. The lowest BCUT2D eigenvalue weighted by atomic mass is 13.9. The van der Waals surface area contributed by atoms with E-state index < -0.39 is 7.07 Å². The molecule has 1 unspecified atom stereocenters. The highest BCUT2D eigenvalue weighted by molar-refractivity contribution is 8.01. The zero-order valence-corrected chi connectivity index (χ0v) is 3.67. The summed E-state index contributed by atoms with van der Waals surface area (Å²) in [5.74, 6) is 0. The van der Waals surface area contributed by atoms with E-state index in [1.807, 2.05) is 0 Å². The molecule has 1 radical (unpaired) electrons. The maximum atomic E-state index is 7.64. The average Bonchev–Trinajstić information content (AvgIpc) is 0.811. The average molecular weight is 96.1 g/mol. The van der Waals surface area contributed by atoms with Gasteiger partial charge < -0.3 is 4.89 Å². The molecule has 2 nitrogen and oxygen atoms in total. The summed E-state index contributed by atoms with van der Waals surface area (Å²) in [5, 5.41) is 0. The topological polar surface area (TPSA) is 44.0 Å². The lowest BCUT2D eigenvalue weighted by Gasteiger charge is -1.65. The van der Waals surface area contributed by atoms with Crippen molar-refractivity contribution in [2.45, 2.75) is 0 Å². The Kier molecular flexibility index (Phi) is 2.11. The van der Waals surface area contributed by atoms with Crippen LogP contribution in [0.5, 0.6) is 0 Å². The molecule has 0 aromatic rings. The molecule has 0 aliphatic rings. The van der Waals surface area contributed by atoms with Crippen LogP contribution in [0.1, 0.15) is 0 Å². The van der Waals surface area contributed by atoms with Crippen LogP contribution in [0, 0.1) is 0 Å². The minimum absolute atomic E-state index is 2.05. The summed E-state index contributed by atoms with van der Waals surface area (Å²) in [6, 6.07) is 0. The van der Waals surface area contributed by atoms with Crippen molar-refractivity contribution in [1.29, 1.82) is 0 Å². The fourth-order valence-electron chi connectivity index (χ4n) is 0. The smallest absolute Gasteiger partial charge is 0.127 e. The van der Waals surface area contributed by atoms with Gasteiger partial charge in [0.2, 0.25) is 0 Å². The first-order valence-corrected chi connectivity index (χ1v) is 3.26. The summed E-state index contributed by atoms with van der Waals surface area (Å²) in [7, 11) is -2.05. The molecule has 0 aromatic heterocycles. The van der Waals surface area contributed by atoms with Gasteiger partial charge in [-0.3, -0.25) is 0 Å². The third-order valence-electron chi connectivity index (χ3n) is 0. The highest BCUT2D eigenvalue weighted by Crippen LogP contribution is 1.97. The molecule has 0 aliphatic heterocycles. The van der Waals surface area contributed by atoms with Gasteiger partial charge in [-0.1, -0.05) is 11.8 Å². The van der Waals surface area contributed by atoms with Gasteiger partial charge >= 0.3 is 0 Å². The minimum Gasteiger partial charge on any atom is -0.355 e. The van der Waals surface area contributed by atoms with Crippen LogP contribution in [0.2, 0.25) is 0 Å². The summed E-state index contributed by atoms with van der Waals surface area (Å²) in [5.41, 5.74) is 6.06. The monoisotopic (exact) mass is 96.0 g/mol. The third kappa shape index (κ3) is 19.5. The molecule has 0 rings (SSSR count). The first-order chi connectivity index (χ1) is 1.73. The van der Waals surface area contributed by atoms with E-state index in [-0.39, 0.29) is 0 Å². The molecule has 0 saturated carbocycles. The lowest BCUT2D eigenvalue weighted by molar-refractivity contribution is 0.643. The molecular formula is H3NOPS.